The first-order chi connectivity index (χ1) is 14.1. The number of amides is 1. The number of carbonyl (C=O) groups excluding carboxylic acids is 2. The van der Waals surface area contributed by atoms with Crippen LogP contribution in [-0.4, -0.2) is 16.7 Å². The van der Waals surface area contributed by atoms with E-state index in [2.05, 4.69) is 10.3 Å². The van der Waals surface area contributed by atoms with Gasteiger partial charge in [-0.2, -0.15) is 0 Å². The number of benzene rings is 2. The van der Waals surface area contributed by atoms with Crippen LogP contribution in [0.4, 0.5) is 0 Å². The number of rotatable bonds is 5. The van der Waals surface area contributed by atoms with Crippen molar-refractivity contribution in [2.24, 2.45) is 0 Å². The van der Waals surface area contributed by atoms with E-state index < -0.39 is 11.5 Å². The number of aromatic nitrogens is 1. The van der Waals surface area contributed by atoms with Crippen LogP contribution in [-0.2, 0) is 12.8 Å². The minimum atomic E-state index is -0.475. The number of fused-ring (bicyclic) bond motifs is 1. The third-order valence-electron chi connectivity index (χ3n) is 5.29. The Hall–Kier alpha value is -3.47. The summed E-state index contributed by atoms with van der Waals surface area (Å²) >= 11 is 0. The summed E-state index contributed by atoms with van der Waals surface area (Å²) in [7, 11) is 0. The number of aryl methyl sites for hydroxylation is 1. The average molecular weight is 386 g/mol. The van der Waals surface area contributed by atoms with E-state index in [4.69, 9.17) is 0 Å². The highest BCUT2D eigenvalue weighted by Gasteiger charge is 2.24. The number of aromatic amines is 1. The van der Waals surface area contributed by atoms with Crippen molar-refractivity contribution in [1.82, 2.24) is 10.3 Å². The van der Waals surface area contributed by atoms with Gasteiger partial charge in [0, 0.05) is 17.7 Å². The SMILES string of the molecule is O=C1CCCc2[nH]c(=O)c(C(=O)N[C@@H](Cc3ccccc3)c3ccccc3)cc21. The predicted molar refractivity (Wildman–Crippen MR) is 111 cm³/mol. The van der Waals surface area contributed by atoms with Gasteiger partial charge >= 0.3 is 0 Å². The van der Waals surface area contributed by atoms with Crippen molar-refractivity contribution in [2.45, 2.75) is 31.7 Å². The van der Waals surface area contributed by atoms with Crippen molar-refractivity contribution >= 4 is 11.7 Å². The highest BCUT2D eigenvalue weighted by Crippen LogP contribution is 2.21. The van der Waals surface area contributed by atoms with Gasteiger partial charge < -0.3 is 10.3 Å². The average Bonchev–Trinajstić information content (AvgIpc) is 2.74. The summed E-state index contributed by atoms with van der Waals surface area (Å²) in [6, 6.07) is 20.7. The fourth-order valence-corrected chi connectivity index (χ4v) is 3.77. The van der Waals surface area contributed by atoms with E-state index in [0.29, 0.717) is 30.5 Å². The van der Waals surface area contributed by atoms with E-state index in [-0.39, 0.29) is 17.4 Å². The second-order valence-electron chi connectivity index (χ2n) is 7.31. The number of hydrogen-bond acceptors (Lipinski definition) is 3. The van der Waals surface area contributed by atoms with Crippen molar-refractivity contribution in [1.29, 1.82) is 0 Å². The molecule has 4 rings (SSSR count). The summed E-state index contributed by atoms with van der Waals surface area (Å²) in [5.41, 5.74) is 2.65. The van der Waals surface area contributed by atoms with Gasteiger partial charge in [0.1, 0.15) is 5.56 Å². The Balaban J connectivity index is 1.64. The molecule has 1 aliphatic carbocycles. The number of H-pyrrole nitrogens is 1. The monoisotopic (exact) mass is 386 g/mol. The molecular formula is C24H22N2O3. The maximum Gasteiger partial charge on any atom is 0.261 e. The quantitative estimate of drug-likeness (QED) is 0.703. The summed E-state index contributed by atoms with van der Waals surface area (Å²) in [4.78, 5) is 40.4. The van der Waals surface area contributed by atoms with Gasteiger partial charge in [0.25, 0.3) is 11.5 Å². The molecule has 5 nitrogen and oxygen atoms in total. The second-order valence-corrected chi connectivity index (χ2v) is 7.31. The van der Waals surface area contributed by atoms with Gasteiger partial charge in [-0.05, 0) is 36.5 Å². The van der Waals surface area contributed by atoms with Crippen LogP contribution >= 0.6 is 0 Å². The Bertz CT molecular complexity index is 1090. The minimum absolute atomic E-state index is 0.0204. The Morgan fingerprint density at radius 3 is 2.38 bits per heavy atom. The van der Waals surface area contributed by atoms with Gasteiger partial charge in [-0.1, -0.05) is 60.7 Å². The molecule has 146 valence electrons. The van der Waals surface area contributed by atoms with Gasteiger partial charge in [0.15, 0.2) is 5.78 Å². The molecule has 2 N–H and O–H groups in total. The second kappa shape index (κ2) is 8.27. The van der Waals surface area contributed by atoms with Crippen LogP contribution in [0.3, 0.4) is 0 Å². The standard InChI is InChI=1S/C24H22N2O3/c27-22-13-7-12-20-18(22)15-19(23(28)25-20)24(29)26-21(17-10-5-2-6-11-17)14-16-8-3-1-4-9-16/h1-6,8-11,15,21H,7,12-14H2,(H,25,28)(H,26,29)/t21-/m0/s1. The number of pyridine rings is 1. The molecule has 1 heterocycles. The number of nitrogens with one attached hydrogen (secondary N) is 2. The summed E-state index contributed by atoms with van der Waals surface area (Å²) in [5.74, 6) is -0.502. The molecule has 29 heavy (non-hydrogen) atoms. The van der Waals surface area contributed by atoms with Gasteiger partial charge in [0.2, 0.25) is 0 Å². The van der Waals surface area contributed by atoms with Crippen LogP contribution in [0.2, 0.25) is 0 Å². The Labute approximate surface area is 168 Å². The molecule has 5 heteroatoms. The molecular weight excluding hydrogens is 364 g/mol. The van der Waals surface area contributed by atoms with Gasteiger partial charge in [-0.15, -0.1) is 0 Å². The minimum Gasteiger partial charge on any atom is -0.345 e. The molecule has 0 saturated heterocycles. The van der Waals surface area contributed by atoms with E-state index in [1.165, 1.54) is 6.07 Å². The molecule has 0 saturated carbocycles. The molecule has 1 amide bonds. The van der Waals surface area contributed by atoms with Crippen LogP contribution in [0.1, 0.15) is 56.4 Å². The number of Topliss-reactive ketones (excluding diaryl/α,β-unsaturated/α-hetero) is 1. The molecule has 1 aromatic heterocycles. The van der Waals surface area contributed by atoms with Crippen molar-refractivity contribution in [3.63, 3.8) is 0 Å². The Morgan fingerprint density at radius 1 is 0.966 bits per heavy atom. The van der Waals surface area contributed by atoms with E-state index in [9.17, 15) is 14.4 Å². The lowest BCUT2D eigenvalue weighted by molar-refractivity contribution is 0.0935. The molecule has 2 aromatic carbocycles. The molecule has 0 unspecified atom stereocenters. The van der Waals surface area contributed by atoms with Crippen molar-refractivity contribution in [3.05, 3.63) is 105 Å². The largest absolute Gasteiger partial charge is 0.345 e. The maximum absolute atomic E-state index is 13.0. The molecule has 0 aliphatic heterocycles. The molecule has 3 aromatic rings. The summed E-state index contributed by atoms with van der Waals surface area (Å²) in [5, 5.41) is 2.99. The molecule has 0 radical (unpaired) electrons. The first-order valence-electron chi connectivity index (χ1n) is 9.81. The van der Waals surface area contributed by atoms with Crippen LogP contribution in [0, 0.1) is 0 Å². The number of hydrogen-bond donors (Lipinski definition) is 2. The Kier molecular flexibility index (Phi) is 5.38. The normalized spacial score (nSPS) is 14.1. The summed E-state index contributed by atoms with van der Waals surface area (Å²) in [6.45, 7) is 0. The van der Waals surface area contributed by atoms with Crippen molar-refractivity contribution < 1.29 is 9.59 Å². The van der Waals surface area contributed by atoms with E-state index in [0.717, 1.165) is 17.5 Å². The van der Waals surface area contributed by atoms with Crippen LogP contribution < -0.4 is 10.9 Å². The zero-order valence-electron chi connectivity index (χ0n) is 16.0. The lowest BCUT2D eigenvalue weighted by atomic mass is 9.93. The number of carbonyl (C=O) groups is 2. The number of ketones is 1. The predicted octanol–water partition coefficient (Wildman–Crippen LogP) is 3.61. The fraction of sp³-hybridized carbons (Fsp3) is 0.208. The Morgan fingerprint density at radius 2 is 1.66 bits per heavy atom. The molecule has 0 bridgehead atoms. The smallest absolute Gasteiger partial charge is 0.261 e. The zero-order valence-corrected chi connectivity index (χ0v) is 16.0. The van der Waals surface area contributed by atoms with Crippen molar-refractivity contribution in [2.75, 3.05) is 0 Å². The van der Waals surface area contributed by atoms with E-state index in [1.807, 2.05) is 60.7 Å². The van der Waals surface area contributed by atoms with E-state index >= 15 is 0 Å². The third-order valence-corrected chi connectivity index (χ3v) is 5.29. The highest BCUT2D eigenvalue weighted by atomic mass is 16.2. The van der Waals surface area contributed by atoms with Gasteiger partial charge in [-0.3, -0.25) is 14.4 Å². The first-order valence-corrected chi connectivity index (χ1v) is 9.81. The zero-order chi connectivity index (χ0) is 20.2. The molecule has 1 atom stereocenters. The summed E-state index contributed by atoms with van der Waals surface area (Å²) < 4.78 is 0. The first kappa shape index (κ1) is 18.9. The van der Waals surface area contributed by atoms with Crippen LogP contribution in [0.25, 0.3) is 0 Å². The topological polar surface area (TPSA) is 79.0 Å². The fourth-order valence-electron chi connectivity index (χ4n) is 3.77. The molecule has 0 spiro atoms. The van der Waals surface area contributed by atoms with E-state index in [1.54, 1.807) is 0 Å². The van der Waals surface area contributed by atoms with Gasteiger partial charge in [-0.25, -0.2) is 0 Å². The highest BCUT2D eigenvalue weighted by molar-refractivity contribution is 6.01. The lowest BCUT2D eigenvalue weighted by Gasteiger charge is -2.20. The summed E-state index contributed by atoms with van der Waals surface area (Å²) in [6.07, 6.45) is 2.42. The van der Waals surface area contributed by atoms with Gasteiger partial charge in [0.05, 0.1) is 6.04 Å². The van der Waals surface area contributed by atoms with Crippen LogP contribution in [0.5, 0.6) is 0 Å². The maximum atomic E-state index is 13.0. The molecule has 1 aliphatic rings. The van der Waals surface area contributed by atoms with Crippen LogP contribution in [0.15, 0.2) is 71.5 Å². The lowest BCUT2D eigenvalue weighted by Crippen LogP contribution is -2.35. The third kappa shape index (κ3) is 4.19. The molecule has 0 fully saturated rings. The van der Waals surface area contributed by atoms with Crippen molar-refractivity contribution in [3.8, 4) is 0 Å².